The molecule has 0 aliphatic heterocycles. The SMILES string of the molecule is C=C(c1ccc(C(=O)Nc2ccc(C(=O)O)cc2)cc1)c1cc2c(cc1C)C(C)(C)CCC2(C)C. The van der Waals surface area contributed by atoms with Crippen molar-refractivity contribution >= 4 is 23.1 Å². The summed E-state index contributed by atoms with van der Waals surface area (Å²) in [6, 6.07) is 18.2. The van der Waals surface area contributed by atoms with Gasteiger partial charge in [-0.2, -0.15) is 0 Å². The summed E-state index contributed by atoms with van der Waals surface area (Å²) in [6.07, 6.45) is 2.34. The lowest BCUT2D eigenvalue weighted by Gasteiger charge is -2.42. The maximum absolute atomic E-state index is 12.7. The summed E-state index contributed by atoms with van der Waals surface area (Å²) >= 11 is 0. The number of rotatable bonds is 5. The first-order valence-electron chi connectivity index (χ1n) is 12.0. The van der Waals surface area contributed by atoms with Crippen molar-refractivity contribution < 1.29 is 14.7 Å². The van der Waals surface area contributed by atoms with Crippen LogP contribution in [0.15, 0.2) is 67.2 Å². The highest BCUT2D eigenvalue weighted by molar-refractivity contribution is 6.04. The van der Waals surface area contributed by atoms with E-state index in [1.165, 1.54) is 35.2 Å². The van der Waals surface area contributed by atoms with Gasteiger partial charge in [-0.1, -0.05) is 58.5 Å². The molecular weight excluding hydrogens is 434 g/mol. The molecular formula is C31H33NO3. The van der Waals surface area contributed by atoms with Crippen molar-refractivity contribution in [2.45, 2.75) is 58.3 Å². The molecule has 0 saturated heterocycles. The number of nitrogens with one attached hydrogen (secondary N) is 1. The second-order valence-electron chi connectivity index (χ2n) is 10.9. The maximum Gasteiger partial charge on any atom is 0.335 e. The molecule has 0 saturated carbocycles. The number of anilines is 1. The molecule has 0 spiro atoms. The molecule has 1 aliphatic carbocycles. The van der Waals surface area contributed by atoms with E-state index in [9.17, 15) is 9.59 Å². The highest BCUT2D eigenvalue weighted by Crippen LogP contribution is 2.47. The van der Waals surface area contributed by atoms with E-state index in [0.717, 1.165) is 23.1 Å². The first-order valence-corrected chi connectivity index (χ1v) is 12.0. The Labute approximate surface area is 207 Å². The quantitative estimate of drug-likeness (QED) is 0.412. The van der Waals surface area contributed by atoms with E-state index in [4.69, 9.17) is 5.11 Å². The average Bonchev–Trinajstić information content (AvgIpc) is 2.82. The first-order chi connectivity index (χ1) is 16.4. The fourth-order valence-electron chi connectivity index (χ4n) is 4.92. The molecule has 180 valence electrons. The number of fused-ring (bicyclic) bond motifs is 1. The lowest BCUT2D eigenvalue weighted by molar-refractivity contribution is 0.0696. The number of carbonyl (C=O) groups excluding carboxylic acids is 1. The molecule has 4 nitrogen and oxygen atoms in total. The third-order valence-electron chi connectivity index (χ3n) is 7.41. The number of benzene rings is 3. The van der Waals surface area contributed by atoms with Gasteiger partial charge in [0.05, 0.1) is 5.56 Å². The summed E-state index contributed by atoms with van der Waals surface area (Å²) < 4.78 is 0. The zero-order valence-electron chi connectivity index (χ0n) is 21.2. The molecule has 4 rings (SSSR count). The molecule has 0 atom stereocenters. The molecule has 0 fully saturated rings. The van der Waals surface area contributed by atoms with E-state index in [-0.39, 0.29) is 22.3 Å². The van der Waals surface area contributed by atoms with Crippen LogP contribution in [0.2, 0.25) is 0 Å². The molecule has 0 unspecified atom stereocenters. The average molecular weight is 468 g/mol. The number of carboxylic acid groups (broad SMARTS) is 1. The standard InChI is InChI=1S/C31H33NO3/c1-19-17-26-27(31(5,6)16-15-30(26,3)4)18-25(19)20(2)21-7-9-22(10-8-21)28(33)32-24-13-11-23(12-14-24)29(34)35/h7-14,17-18H,2,15-16H2,1,3-6H3,(H,32,33)(H,34,35). The molecule has 3 aromatic carbocycles. The highest BCUT2D eigenvalue weighted by Gasteiger charge is 2.37. The fourth-order valence-corrected chi connectivity index (χ4v) is 4.92. The van der Waals surface area contributed by atoms with Crippen LogP contribution < -0.4 is 5.32 Å². The fraction of sp³-hybridized carbons (Fsp3) is 0.290. The molecule has 0 heterocycles. The molecule has 0 aromatic heterocycles. The minimum atomic E-state index is -1.000. The van der Waals surface area contributed by atoms with Crippen LogP contribution in [0, 0.1) is 6.92 Å². The molecule has 0 bridgehead atoms. The van der Waals surface area contributed by atoms with Gasteiger partial charge >= 0.3 is 5.97 Å². The summed E-state index contributed by atoms with van der Waals surface area (Å²) in [4.78, 5) is 23.7. The molecule has 2 N–H and O–H groups in total. The highest BCUT2D eigenvalue weighted by atomic mass is 16.4. The Morgan fingerprint density at radius 1 is 0.800 bits per heavy atom. The van der Waals surface area contributed by atoms with Gasteiger partial charge in [-0.15, -0.1) is 0 Å². The van der Waals surface area contributed by atoms with Gasteiger partial charge < -0.3 is 10.4 Å². The van der Waals surface area contributed by atoms with Gasteiger partial charge in [-0.05, 0) is 100 Å². The van der Waals surface area contributed by atoms with Crippen molar-refractivity contribution in [3.63, 3.8) is 0 Å². The number of aryl methyl sites for hydroxylation is 1. The van der Waals surface area contributed by atoms with Crippen LogP contribution >= 0.6 is 0 Å². The van der Waals surface area contributed by atoms with Crippen molar-refractivity contribution in [1.29, 1.82) is 0 Å². The third-order valence-corrected chi connectivity index (χ3v) is 7.41. The second-order valence-corrected chi connectivity index (χ2v) is 10.9. The van der Waals surface area contributed by atoms with Crippen LogP contribution in [-0.4, -0.2) is 17.0 Å². The summed E-state index contributed by atoms with van der Waals surface area (Å²) in [6.45, 7) is 15.9. The molecule has 35 heavy (non-hydrogen) atoms. The number of carbonyl (C=O) groups is 2. The maximum atomic E-state index is 12.7. The van der Waals surface area contributed by atoms with Crippen LogP contribution in [0.4, 0.5) is 5.69 Å². The number of hydrogen-bond donors (Lipinski definition) is 2. The van der Waals surface area contributed by atoms with E-state index in [1.54, 1.807) is 24.3 Å². The summed E-state index contributed by atoms with van der Waals surface area (Å²) in [5.74, 6) is -1.25. The van der Waals surface area contributed by atoms with Gasteiger partial charge in [-0.3, -0.25) is 4.79 Å². The Morgan fingerprint density at radius 3 is 1.83 bits per heavy atom. The zero-order valence-corrected chi connectivity index (χ0v) is 21.2. The lowest BCUT2D eigenvalue weighted by atomic mass is 9.62. The Morgan fingerprint density at radius 2 is 1.29 bits per heavy atom. The summed E-state index contributed by atoms with van der Waals surface area (Å²) in [7, 11) is 0. The Hall–Kier alpha value is -3.66. The van der Waals surface area contributed by atoms with E-state index in [0.29, 0.717) is 11.3 Å². The molecule has 4 heteroatoms. The van der Waals surface area contributed by atoms with Crippen molar-refractivity contribution in [3.05, 3.63) is 106 Å². The van der Waals surface area contributed by atoms with Gasteiger partial charge in [0.25, 0.3) is 5.91 Å². The van der Waals surface area contributed by atoms with Crippen LogP contribution in [0.25, 0.3) is 5.57 Å². The largest absolute Gasteiger partial charge is 0.478 e. The topological polar surface area (TPSA) is 66.4 Å². The smallest absolute Gasteiger partial charge is 0.335 e. The summed E-state index contributed by atoms with van der Waals surface area (Å²) in [5.41, 5.74) is 8.65. The Kier molecular flexibility index (Phi) is 6.18. The van der Waals surface area contributed by atoms with Crippen LogP contribution in [0.1, 0.15) is 89.1 Å². The van der Waals surface area contributed by atoms with Crippen LogP contribution in [-0.2, 0) is 10.8 Å². The van der Waals surface area contributed by atoms with Crippen molar-refractivity contribution in [3.8, 4) is 0 Å². The monoisotopic (exact) mass is 467 g/mol. The van der Waals surface area contributed by atoms with Crippen LogP contribution in [0.5, 0.6) is 0 Å². The van der Waals surface area contributed by atoms with E-state index < -0.39 is 5.97 Å². The normalized spacial score (nSPS) is 15.7. The number of carboxylic acids is 1. The Bertz CT molecular complexity index is 1310. The predicted octanol–water partition coefficient (Wildman–Crippen LogP) is 7.36. The van der Waals surface area contributed by atoms with Gasteiger partial charge in [-0.25, -0.2) is 4.79 Å². The molecule has 0 radical (unpaired) electrons. The van der Waals surface area contributed by atoms with Gasteiger partial charge in [0, 0.05) is 11.3 Å². The van der Waals surface area contributed by atoms with Gasteiger partial charge in [0.15, 0.2) is 0 Å². The van der Waals surface area contributed by atoms with Gasteiger partial charge in [0.1, 0.15) is 0 Å². The number of amides is 1. The molecule has 3 aromatic rings. The van der Waals surface area contributed by atoms with Crippen LogP contribution in [0.3, 0.4) is 0 Å². The van der Waals surface area contributed by atoms with E-state index >= 15 is 0 Å². The van der Waals surface area contributed by atoms with Crippen molar-refractivity contribution in [2.24, 2.45) is 0 Å². The second kappa shape index (κ2) is 8.84. The van der Waals surface area contributed by atoms with Gasteiger partial charge in [0.2, 0.25) is 0 Å². The number of hydrogen-bond acceptors (Lipinski definition) is 2. The van der Waals surface area contributed by atoms with E-state index in [1.807, 2.05) is 12.1 Å². The minimum Gasteiger partial charge on any atom is -0.478 e. The number of aromatic carboxylic acids is 1. The Balaban J connectivity index is 1.56. The van der Waals surface area contributed by atoms with Crippen molar-refractivity contribution in [2.75, 3.05) is 5.32 Å². The van der Waals surface area contributed by atoms with Crippen molar-refractivity contribution in [1.82, 2.24) is 0 Å². The molecule has 1 amide bonds. The molecule has 1 aliphatic rings. The minimum absolute atomic E-state index is 0.123. The summed E-state index contributed by atoms with van der Waals surface area (Å²) in [5, 5.41) is 11.8. The van der Waals surface area contributed by atoms with E-state index in [2.05, 4.69) is 58.6 Å². The predicted molar refractivity (Wildman–Crippen MR) is 142 cm³/mol. The zero-order chi connectivity index (χ0) is 25.5. The third kappa shape index (κ3) is 4.79. The first kappa shape index (κ1) is 24.5. The lowest BCUT2D eigenvalue weighted by Crippen LogP contribution is -2.34.